The summed E-state index contributed by atoms with van der Waals surface area (Å²) in [6.45, 7) is 0.209. The van der Waals surface area contributed by atoms with E-state index in [1.807, 2.05) is 0 Å². The van der Waals surface area contributed by atoms with E-state index in [9.17, 15) is 8.78 Å². The smallest absolute Gasteiger partial charge is 0.150 e. The summed E-state index contributed by atoms with van der Waals surface area (Å²) in [7, 11) is 1.76. The van der Waals surface area contributed by atoms with Crippen LogP contribution in [0.2, 0.25) is 0 Å². The monoisotopic (exact) mass is 248 g/mol. The highest BCUT2D eigenvalue weighted by atomic mass is 19.1. The maximum Gasteiger partial charge on any atom is 0.150 e. The number of benzene rings is 1. The highest BCUT2D eigenvalue weighted by molar-refractivity contribution is 5.50. The molecule has 1 N–H and O–H groups in total. The number of halogens is 2. The van der Waals surface area contributed by atoms with Gasteiger partial charge < -0.3 is 5.32 Å². The predicted molar refractivity (Wildman–Crippen MR) is 61.6 cm³/mol. The Kier molecular flexibility index (Phi) is 3.24. The van der Waals surface area contributed by atoms with E-state index >= 15 is 0 Å². The van der Waals surface area contributed by atoms with Gasteiger partial charge in [-0.3, -0.25) is 4.68 Å². The molecule has 0 unspecified atom stereocenters. The minimum atomic E-state index is -0.789. The molecular weight excluding hydrogens is 238 g/mol. The molecule has 2 rings (SSSR count). The molecule has 1 heterocycles. The van der Waals surface area contributed by atoms with Crippen molar-refractivity contribution in [3.05, 3.63) is 47.3 Å². The Bertz CT molecular complexity index is 590. The van der Waals surface area contributed by atoms with Crippen LogP contribution in [0.4, 0.5) is 14.5 Å². The molecule has 0 radical (unpaired) electrons. The van der Waals surface area contributed by atoms with Crippen LogP contribution in [-0.4, -0.2) is 9.78 Å². The Balaban J connectivity index is 2.17. The van der Waals surface area contributed by atoms with E-state index < -0.39 is 11.6 Å². The second-order valence-electron chi connectivity index (χ2n) is 3.76. The lowest BCUT2D eigenvalue weighted by Crippen LogP contribution is -2.05. The zero-order chi connectivity index (χ0) is 13.1. The van der Waals surface area contributed by atoms with E-state index in [0.29, 0.717) is 5.69 Å². The first-order valence-corrected chi connectivity index (χ1v) is 5.21. The molecule has 0 saturated carbocycles. The lowest BCUT2D eigenvalue weighted by molar-refractivity contribution is 0.587. The summed E-state index contributed by atoms with van der Waals surface area (Å²) in [6, 6.07) is 5.41. The summed E-state index contributed by atoms with van der Waals surface area (Å²) in [4.78, 5) is 0. The zero-order valence-electron chi connectivity index (χ0n) is 9.61. The molecule has 0 atom stereocenters. The van der Waals surface area contributed by atoms with Crippen molar-refractivity contribution < 1.29 is 8.78 Å². The van der Waals surface area contributed by atoms with Crippen LogP contribution in [0.25, 0.3) is 0 Å². The summed E-state index contributed by atoms with van der Waals surface area (Å²) in [5, 5.41) is 15.3. The number of aryl methyl sites for hydroxylation is 1. The topological polar surface area (TPSA) is 53.6 Å². The lowest BCUT2D eigenvalue weighted by atomic mass is 10.2. The highest BCUT2D eigenvalue weighted by Crippen LogP contribution is 2.21. The van der Waals surface area contributed by atoms with Gasteiger partial charge >= 0.3 is 0 Å². The molecule has 0 amide bonds. The average molecular weight is 248 g/mol. The van der Waals surface area contributed by atoms with Crippen LogP contribution < -0.4 is 5.32 Å². The Morgan fingerprint density at radius 2 is 2.06 bits per heavy atom. The minimum Gasteiger partial charge on any atom is -0.375 e. The summed E-state index contributed by atoms with van der Waals surface area (Å²) < 4.78 is 28.7. The molecule has 0 fully saturated rings. The van der Waals surface area contributed by atoms with Crippen molar-refractivity contribution >= 4 is 5.69 Å². The number of hydrogen-bond donors (Lipinski definition) is 1. The largest absolute Gasteiger partial charge is 0.375 e. The molecule has 18 heavy (non-hydrogen) atoms. The molecule has 0 saturated heterocycles. The van der Waals surface area contributed by atoms with Gasteiger partial charge in [-0.1, -0.05) is 0 Å². The third-order valence-electron chi connectivity index (χ3n) is 2.39. The second-order valence-corrected chi connectivity index (χ2v) is 3.76. The number of nitrogens with zero attached hydrogens (tertiary/aromatic N) is 3. The molecule has 0 aliphatic heterocycles. The zero-order valence-corrected chi connectivity index (χ0v) is 9.61. The Morgan fingerprint density at radius 1 is 1.39 bits per heavy atom. The van der Waals surface area contributed by atoms with Crippen LogP contribution in [0, 0.1) is 23.0 Å². The van der Waals surface area contributed by atoms with E-state index in [-0.39, 0.29) is 17.8 Å². The minimum absolute atomic E-state index is 0.0478. The fourth-order valence-corrected chi connectivity index (χ4v) is 1.54. The van der Waals surface area contributed by atoms with Gasteiger partial charge in [0.1, 0.15) is 5.69 Å². The van der Waals surface area contributed by atoms with Crippen molar-refractivity contribution in [2.45, 2.75) is 6.54 Å². The summed E-state index contributed by atoms with van der Waals surface area (Å²) >= 11 is 0. The number of anilines is 1. The first kappa shape index (κ1) is 12.0. The molecular formula is C12H10F2N4. The Labute approximate surface area is 102 Å². The molecule has 4 nitrogen and oxygen atoms in total. The van der Waals surface area contributed by atoms with E-state index in [1.165, 1.54) is 0 Å². The Hall–Kier alpha value is -2.42. The standard InChI is InChI=1S/C12H10F2N4/c1-18-3-2-9(17-18)7-16-12-10(13)4-8(6-15)5-11(12)14/h2-5,16H,7H2,1H3. The van der Waals surface area contributed by atoms with Gasteiger partial charge in [0.2, 0.25) is 0 Å². The molecule has 0 spiro atoms. The van der Waals surface area contributed by atoms with Crippen molar-refractivity contribution in [1.29, 1.82) is 5.26 Å². The van der Waals surface area contributed by atoms with Crippen LogP contribution in [0.3, 0.4) is 0 Å². The van der Waals surface area contributed by atoms with Gasteiger partial charge in [-0.05, 0) is 18.2 Å². The van der Waals surface area contributed by atoms with Gasteiger partial charge in [0, 0.05) is 13.2 Å². The van der Waals surface area contributed by atoms with Crippen LogP contribution in [0.15, 0.2) is 24.4 Å². The Morgan fingerprint density at radius 3 is 2.56 bits per heavy atom. The summed E-state index contributed by atoms with van der Waals surface area (Å²) in [5.74, 6) is -1.58. The fourth-order valence-electron chi connectivity index (χ4n) is 1.54. The molecule has 0 aliphatic rings. The van der Waals surface area contributed by atoms with Crippen molar-refractivity contribution in [3.8, 4) is 6.07 Å². The third-order valence-corrected chi connectivity index (χ3v) is 2.39. The number of rotatable bonds is 3. The molecule has 1 aromatic heterocycles. The van der Waals surface area contributed by atoms with Gasteiger partial charge in [0.25, 0.3) is 0 Å². The van der Waals surface area contributed by atoms with Crippen LogP contribution in [0.5, 0.6) is 0 Å². The third kappa shape index (κ3) is 2.46. The predicted octanol–water partition coefficient (Wildman–Crippen LogP) is 2.18. The van der Waals surface area contributed by atoms with Gasteiger partial charge in [-0.2, -0.15) is 10.4 Å². The van der Waals surface area contributed by atoms with E-state index in [4.69, 9.17) is 5.26 Å². The summed E-state index contributed by atoms with van der Waals surface area (Å²) in [6.07, 6.45) is 1.74. The van der Waals surface area contributed by atoms with Crippen molar-refractivity contribution in [3.63, 3.8) is 0 Å². The number of hydrogen-bond acceptors (Lipinski definition) is 3. The molecule has 92 valence electrons. The van der Waals surface area contributed by atoms with Crippen LogP contribution in [0.1, 0.15) is 11.3 Å². The average Bonchev–Trinajstić information content (AvgIpc) is 2.73. The van der Waals surface area contributed by atoms with E-state index in [2.05, 4.69) is 10.4 Å². The van der Waals surface area contributed by atoms with Gasteiger partial charge in [-0.15, -0.1) is 0 Å². The molecule has 1 aromatic carbocycles. The lowest BCUT2D eigenvalue weighted by Gasteiger charge is -2.07. The van der Waals surface area contributed by atoms with Crippen molar-refractivity contribution in [2.24, 2.45) is 7.05 Å². The molecule has 0 aliphatic carbocycles. The van der Waals surface area contributed by atoms with Gasteiger partial charge in [0.05, 0.1) is 23.9 Å². The van der Waals surface area contributed by atoms with Gasteiger partial charge in [-0.25, -0.2) is 8.78 Å². The van der Waals surface area contributed by atoms with Crippen LogP contribution in [-0.2, 0) is 13.6 Å². The molecule has 6 heteroatoms. The first-order valence-electron chi connectivity index (χ1n) is 5.21. The fraction of sp³-hybridized carbons (Fsp3) is 0.167. The quantitative estimate of drug-likeness (QED) is 0.905. The number of nitriles is 1. The maximum atomic E-state index is 13.5. The van der Waals surface area contributed by atoms with Gasteiger partial charge in [0.15, 0.2) is 11.6 Å². The first-order chi connectivity index (χ1) is 8.60. The normalized spacial score (nSPS) is 10.1. The van der Waals surface area contributed by atoms with Crippen molar-refractivity contribution in [1.82, 2.24) is 9.78 Å². The second kappa shape index (κ2) is 4.84. The highest BCUT2D eigenvalue weighted by Gasteiger charge is 2.11. The van der Waals surface area contributed by atoms with Crippen molar-refractivity contribution in [2.75, 3.05) is 5.32 Å². The van der Waals surface area contributed by atoms with Crippen LogP contribution >= 0.6 is 0 Å². The molecule has 0 bridgehead atoms. The maximum absolute atomic E-state index is 13.5. The summed E-state index contributed by atoms with van der Waals surface area (Å²) in [5.41, 5.74) is 0.369. The molecule has 2 aromatic rings. The SMILES string of the molecule is Cn1ccc(CNc2c(F)cc(C#N)cc2F)n1. The number of nitrogens with one attached hydrogen (secondary N) is 1. The van der Waals surface area contributed by atoms with E-state index in [0.717, 1.165) is 12.1 Å². The van der Waals surface area contributed by atoms with E-state index in [1.54, 1.807) is 30.1 Å². The number of aromatic nitrogens is 2.